The van der Waals surface area contributed by atoms with Crippen molar-refractivity contribution >= 4 is 15.9 Å². The van der Waals surface area contributed by atoms with E-state index in [1.54, 1.807) is 6.07 Å². The maximum Gasteiger partial charge on any atom is 0.281 e. The number of morpholine rings is 1. The van der Waals surface area contributed by atoms with Crippen LogP contribution in [0.25, 0.3) is 0 Å². The number of fused-ring (bicyclic) bond motifs is 1. The van der Waals surface area contributed by atoms with Crippen LogP contribution in [-0.2, 0) is 14.9 Å². The van der Waals surface area contributed by atoms with E-state index in [0.29, 0.717) is 26.2 Å². The third-order valence-electron chi connectivity index (χ3n) is 4.18. The van der Waals surface area contributed by atoms with E-state index in [-0.39, 0.29) is 18.0 Å². The highest BCUT2D eigenvalue weighted by atomic mass is 32.2. The van der Waals surface area contributed by atoms with Crippen LogP contribution in [0.3, 0.4) is 0 Å². The second kappa shape index (κ2) is 5.77. The van der Waals surface area contributed by atoms with Gasteiger partial charge in [-0.3, -0.25) is 0 Å². The summed E-state index contributed by atoms with van der Waals surface area (Å²) in [4.78, 5) is 1.97. The first kappa shape index (κ1) is 15.7. The third-order valence-corrected chi connectivity index (χ3v) is 6.15. The van der Waals surface area contributed by atoms with Gasteiger partial charge in [0.2, 0.25) is 0 Å². The molecule has 0 N–H and O–H groups in total. The van der Waals surface area contributed by atoms with Crippen molar-refractivity contribution in [2.24, 2.45) is 0 Å². The fourth-order valence-electron chi connectivity index (χ4n) is 3.04. The lowest BCUT2D eigenvalue weighted by Gasteiger charge is -2.36. The third kappa shape index (κ3) is 2.71. The summed E-state index contributed by atoms with van der Waals surface area (Å²) in [5.74, 6) is -0.300. The Hall–Kier alpha value is -1.22. The van der Waals surface area contributed by atoms with E-state index in [4.69, 9.17) is 4.74 Å². The first-order valence-electron chi connectivity index (χ1n) is 7.21. The molecule has 0 spiro atoms. The average Bonchev–Trinajstić information content (AvgIpc) is 2.90. The maximum absolute atomic E-state index is 13.4. The van der Waals surface area contributed by atoms with Crippen molar-refractivity contribution in [1.82, 2.24) is 8.61 Å². The maximum atomic E-state index is 13.4. The number of nitrogens with zero attached hydrogens (tertiary/aromatic N) is 3. The van der Waals surface area contributed by atoms with Crippen LogP contribution < -0.4 is 4.90 Å². The van der Waals surface area contributed by atoms with Crippen LogP contribution in [0, 0.1) is 5.82 Å². The summed E-state index contributed by atoms with van der Waals surface area (Å²) in [7, 11) is -0.428. The van der Waals surface area contributed by atoms with Gasteiger partial charge in [0.1, 0.15) is 5.82 Å². The number of ether oxygens (including phenoxy) is 1. The van der Waals surface area contributed by atoms with Gasteiger partial charge in [-0.15, -0.1) is 0 Å². The topological polar surface area (TPSA) is 53.1 Å². The molecule has 0 amide bonds. The Kier molecular flexibility index (Phi) is 4.11. The molecule has 1 aromatic rings. The fourth-order valence-corrected chi connectivity index (χ4v) is 4.31. The van der Waals surface area contributed by atoms with Crippen molar-refractivity contribution in [3.05, 3.63) is 30.1 Å². The van der Waals surface area contributed by atoms with Gasteiger partial charge in [-0.2, -0.15) is 17.0 Å². The summed E-state index contributed by atoms with van der Waals surface area (Å²) in [5.41, 5.74) is 0.750. The van der Waals surface area contributed by atoms with Gasteiger partial charge in [0.05, 0.1) is 18.8 Å². The van der Waals surface area contributed by atoms with Gasteiger partial charge in [-0.1, -0.05) is 6.07 Å². The van der Waals surface area contributed by atoms with Crippen molar-refractivity contribution in [3.8, 4) is 0 Å². The lowest BCUT2D eigenvalue weighted by atomic mass is 10.2. The van der Waals surface area contributed by atoms with E-state index in [0.717, 1.165) is 5.69 Å². The quantitative estimate of drug-likeness (QED) is 0.811. The van der Waals surface area contributed by atoms with Gasteiger partial charge in [0.15, 0.2) is 0 Å². The fraction of sp³-hybridized carbons (Fsp3) is 0.571. The molecule has 0 unspecified atom stereocenters. The van der Waals surface area contributed by atoms with Crippen LogP contribution in [0.1, 0.15) is 0 Å². The van der Waals surface area contributed by atoms with Crippen LogP contribution >= 0.6 is 0 Å². The van der Waals surface area contributed by atoms with E-state index < -0.39 is 10.2 Å². The number of halogens is 1. The lowest BCUT2D eigenvalue weighted by Crippen LogP contribution is -2.55. The van der Waals surface area contributed by atoms with E-state index in [1.807, 2.05) is 11.0 Å². The van der Waals surface area contributed by atoms with E-state index in [9.17, 15) is 12.8 Å². The normalized spacial score (nSPS) is 26.5. The molecular weight excluding hydrogens is 309 g/mol. The smallest absolute Gasteiger partial charge is 0.281 e. The molecule has 2 atom stereocenters. The monoisotopic (exact) mass is 329 g/mol. The minimum atomic E-state index is -3.48. The standard InChI is InChI=1S/C14H20FN3O3S/c1-16(2)22(19,20)18-6-7-21-14-10-17(9-13(14)18)12-5-3-4-11(15)8-12/h3-5,8,13-14H,6-7,9-10H2,1-2H3/t13-,14+/m1/s1. The predicted molar refractivity (Wildman–Crippen MR) is 81.5 cm³/mol. The van der Waals surface area contributed by atoms with E-state index in [2.05, 4.69) is 0 Å². The Morgan fingerprint density at radius 1 is 1.32 bits per heavy atom. The molecule has 0 aromatic heterocycles. The molecular formula is C14H20FN3O3S. The van der Waals surface area contributed by atoms with Gasteiger partial charge < -0.3 is 9.64 Å². The average molecular weight is 329 g/mol. The lowest BCUT2D eigenvalue weighted by molar-refractivity contribution is -0.0161. The molecule has 8 heteroatoms. The summed E-state index contributed by atoms with van der Waals surface area (Å²) >= 11 is 0. The zero-order valence-electron chi connectivity index (χ0n) is 12.6. The summed E-state index contributed by atoms with van der Waals surface area (Å²) in [5, 5.41) is 0. The molecule has 122 valence electrons. The van der Waals surface area contributed by atoms with Crippen molar-refractivity contribution in [2.75, 3.05) is 45.2 Å². The van der Waals surface area contributed by atoms with Crippen molar-refractivity contribution < 1.29 is 17.5 Å². The van der Waals surface area contributed by atoms with Crippen LogP contribution in [0.15, 0.2) is 24.3 Å². The first-order chi connectivity index (χ1) is 10.4. The Balaban J connectivity index is 1.84. The van der Waals surface area contributed by atoms with E-state index in [1.165, 1.54) is 34.8 Å². The van der Waals surface area contributed by atoms with Gasteiger partial charge in [-0.05, 0) is 18.2 Å². The SMILES string of the molecule is CN(C)S(=O)(=O)N1CCO[C@H]2CN(c3cccc(F)c3)C[C@H]21. The van der Waals surface area contributed by atoms with E-state index >= 15 is 0 Å². The zero-order chi connectivity index (χ0) is 15.9. The molecule has 2 aliphatic rings. The minimum absolute atomic E-state index is 0.188. The molecule has 3 rings (SSSR count). The minimum Gasteiger partial charge on any atom is -0.373 e. The van der Waals surface area contributed by atoms with Crippen LogP contribution in [-0.4, -0.2) is 69.5 Å². The largest absolute Gasteiger partial charge is 0.373 e. The summed E-state index contributed by atoms with van der Waals surface area (Å²) in [6.07, 6.45) is -0.188. The Bertz CT molecular complexity index is 652. The van der Waals surface area contributed by atoms with Crippen molar-refractivity contribution in [3.63, 3.8) is 0 Å². The van der Waals surface area contributed by atoms with Gasteiger partial charge in [0, 0.05) is 39.4 Å². The highest BCUT2D eigenvalue weighted by Crippen LogP contribution is 2.29. The highest BCUT2D eigenvalue weighted by Gasteiger charge is 2.45. The molecule has 0 radical (unpaired) electrons. The number of benzene rings is 1. The van der Waals surface area contributed by atoms with Crippen LogP contribution in [0.2, 0.25) is 0 Å². The molecule has 2 aliphatic heterocycles. The number of rotatable bonds is 3. The summed E-state index contributed by atoms with van der Waals surface area (Å²) in [6, 6.07) is 6.09. The van der Waals surface area contributed by atoms with Gasteiger partial charge in [-0.25, -0.2) is 4.39 Å². The molecule has 2 heterocycles. The van der Waals surface area contributed by atoms with Gasteiger partial charge >= 0.3 is 0 Å². The van der Waals surface area contributed by atoms with Crippen LogP contribution in [0.5, 0.6) is 0 Å². The molecule has 2 fully saturated rings. The number of anilines is 1. The Morgan fingerprint density at radius 2 is 2.09 bits per heavy atom. The molecule has 22 heavy (non-hydrogen) atoms. The number of hydrogen-bond donors (Lipinski definition) is 0. The highest BCUT2D eigenvalue weighted by molar-refractivity contribution is 7.86. The Morgan fingerprint density at radius 3 is 2.77 bits per heavy atom. The van der Waals surface area contributed by atoms with Crippen molar-refractivity contribution in [2.45, 2.75) is 12.1 Å². The molecule has 2 saturated heterocycles. The second-order valence-corrected chi connectivity index (χ2v) is 7.86. The molecule has 0 bridgehead atoms. The van der Waals surface area contributed by atoms with Gasteiger partial charge in [0.25, 0.3) is 10.2 Å². The zero-order valence-corrected chi connectivity index (χ0v) is 13.5. The first-order valence-corrected chi connectivity index (χ1v) is 8.60. The molecule has 0 saturated carbocycles. The molecule has 1 aromatic carbocycles. The second-order valence-electron chi connectivity index (χ2n) is 5.76. The van der Waals surface area contributed by atoms with Crippen LogP contribution in [0.4, 0.5) is 10.1 Å². The predicted octanol–water partition coefficient (Wildman–Crippen LogP) is 0.522. The summed E-state index contributed by atoms with van der Waals surface area (Å²) < 4.78 is 46.7. The Labute approximate surface area is 130 Å². The molecule has 0 aliphatic carbocycles. The summed E-state index contributed by atoms with van der Waals surface area (Å²) in [6.45, 7) is 1.79. The number of hydrogen-bond acceptors (Lipinski definition) is 4. The molecule has 6 nitrogen and oxygen atoms in total. The van der Waals surface area contributed by atoms with Crippen molar-refractivity contribution in [1.29, 1.82) is 0 Å².